The molecular weight excluding hydrogens is 461 g/mol. The number of fused-ring (bicyclic) bond motifs is 1. The van der Waals surface area contributed by atoms with Crippen LogP contribution in [0.2, 0.25) is 0 Å². The smallest absolute Gasteiger partial charge is 0.271 e. The van der Waals surface area contributed by atoms with Crippen molar-refractivity contribution in [1.82, 2.24) is 10.3 Å². The average molecular weight is 492 g/mol. The fourth-order valence-electron chi connectivity index (χ4n) is 4.47. The van der Waals surface area contributed by atoms with Gasteiger partial charge in [-0.25, -0.2) is 9.82 Å². The summed E-state index contributed by atoms with van der Waals surface area (Å²) in [4.78, 5) is 14.6. The van der Waals surface area contributed by atoms with Gasteiger partial charge < -0.3 is 14.2 Å². The van der Waals surface area contributed by atoms with Crippen LogP contribution in [0.3, 0.4) is 0 Å². The first-order valence-corrected chi connectivity index (χ1v) is 11.7. The number of ether oxygens (including phenoxy) is 3. The number of hydrogen-bond acceptors (Lipinski definition) is 6. The van der Waals surface area contributed by atoms with Crippen LogP contribution in [-0.2, 0) is 13.0 Å². The SMILES string of the molecule is COc1ccc(/C=N\NC(=O)c2ccc(F)cc2)cc1CN1CCc2cc(OC)c(OC)cc2[C@H]1C. The first kappa shape index (κ1) is 25.2. The van der Waals surface area contributed by atoms with Crippen molar-refractivity contribution in [3.63, 3.8) is 0 Å². The molecule has 3 aromatic rings. The molecule has 1 atom stereocenters. The number of carbonyl (C=O) groups excluding carboxylic acids is 1. The topological polar surface area (TPSA) is 72.4 Å². The molecule has 1 aliphatic rings. The summed E-state index contributed by atoms with van der Waals surface area (Å²) in [6.07, 6.45) is 2.48. The van der Waals surface area contributed by atoms with E-state index >= 15 is 0 Å². The van der Waals surface area contributed by atoms with Gasteiger partial charge in [-0.2, -0.15) is 5.10 Å². The number of nitrogens with one attached hydrogen (secondary N) is 1. The van der Waals surface area contributed by atoms with Crippen molar-refractivity contribution in [3.05, 3.63) is 88.2 Å². The molecule has 188 valence electrons. The summed E-state index contributed by atoms with van der Waals surface area (Å²) in [7, 11) is 4.96. The van der Waals surface area contributed by atoms with Crippen molar-refractivity contribution in [1.29, 1.82) is 0 Å². The van der Waals surface area contributed by atoms with Crippen LogP contribution in [0.25, 0.3) is 0 Å². The van der Waals surface area contributed by atoms with Crippen LogP contribution in [0.15, 0.2) is 59.7 Å². The molecule has 0 saturated heterocycles. The van der Waals surface area contributed by atoms with E-state index < -0.39 is 11.7 Å². The summed E-state index contributed by atoms with van der Waals surface area (Å²) in [5.74, 6) is 1.45. The third kappa shape index (κ3) is 5.49. The fraction of sp³-hybridized carbons (Fsp3) is 0.286. The summed E-state index contributed by atoms with van der Waals surface area (Å²) in [5, 5.41) is 4.07. The number of methoxy groups -OCH3 is 3. The minimum absolute atomic E-state index is 0.172. The number of hydrazone groups is 1. The lowest BCUT2D eigenvalue weighted by Gasteiger charge is -2.36. The van der Waals surface area contributed by atoms with Gasteiger partial charge in [-0.15, -0.1) is 0 Å². The Morgan fingerprint density at radius 3 is 2.42 bits per heavy atom. The van der Waals surface area contributed by atoms with Crippen LogP contribution in [0.4, 0.5) is 4.39 Å². The maximum absolute atomic E-state index is 13.1. The molecule has 1 heterocycles. The van der Waals surface area contributed by atoms with Crippen LogP contribution in [0.5, 0.6) is 17.2 Å². The highest BCUT2D eigenvalue weighted by molar-refractivity contribution is 5.94. The average Bonchev–Trinajstić information content (AvgIpc) is 2.90. The van der Waals surface area contributed by atoms with Crippen LogP contribution < -0.4 is 19.6 Å². The molecule has 1 amide bonds. The van der Waals surface area contributed by atoms with Gasteiger partial charge in [0.15, 0.2) is 11.5 Å². The highest BCUT2D eigenvalue weighted by Crippen LogP contribution is 2.38. The lowest BCUT2D eigenvalue weighted by atomic mass is 9.92. The van der Waals surface area contributed by atoms with Gasteiger partial charge >= 0.3 is 0 Å². The van der Waals surface area contributed by atoms with E-state index in [9.17, 15) is 9.18 Å². The lowest BCUT2D eigenvalue weighted by Crippen LogP contribution is -2.33. The maximum atomic E-state index is 13.1. The van der Waals surface area contributed by atoms with Gasteiger partial charge in [-0.1, -0.05) is 0 Å². The second-order valence-electron chi connectivity index (χ2n) is 8.58. The highest BCUT2D eigenvalue weighted by atomic mass is 19.1. The van der Waals surface area contributed by atoms with E-state index in [-0.39, 0.29) is 6.04 Å². The molecule has 36 heavy (non-hydrogen) atoms. The normalized spacial score (nSPS) is 15.4. The van der Waals surface area contributed by atoms with Crippen LogP contribution in [0, 0.1) is 5.82 Å². The molecule has 0 radical (unpaired) electrons. The zero-order chi connectivity index (χ0) is 25.7. The quantitative estimate of drug-likeness (QED) is 0.364. The van der Waals surface area contributed by atoms with Crippen LogP contribution in [-0.4, -0.2) is 44.9 Å². The van der Waals surface area contributed by atoms with Gasteiger partial charge in [-0.3, -0.25) is 9.69 Å². The molecule has 0 aliphatic carbocycles. The van der Waals surface area contributed by atoms with Gasteiger partial charge in [0.1, 0.15) is 11.6 Å². The molecule has 0 saturated carbocycles. The molecule has 3 aromatic carbocycles. The Kier molecular flexibility index (Phi) is 7.85. The third-order valence-electron chi connectivity index (χ3n) is 6.48. The Morgan fingerprint density at radius 2 is 1.72 bits per heavy atom. The van der Waals surface area contributed by atoms with E-state index in [1.165, 1.54) is 35.4 Å². The second kappa shape index (κ2) is 11.2. The Bertz CT molecular complexity index is 1260. The van der Waals surface area contributed by atoms with Crippen molar-refractivity contribution >= 4 is 12.1 Å². The van der Waals surface area contributed by atoms with Gasteiger partial charge in [-0.05, 0) is 84.6 Å². The van der Waals surface area contributed by atoms with E-state index in [4.69, 9.17) is 14.2 Å². The molecule has 1 N–H and O–H groups in total. The van der Waals surface area contributed by atoms with E-state index in [0.717, 1.165) is 41.3 Å². The Labute approximate surface area is 210 Å². The summed E-state index contributed by atoms with van der Waals surface area (Å²) in [5.41, 5.74) is 7.13. The predicted octanol–water partition coefficient (Wildman–Crippen LogP) is 4.73. The number of nitrogens with zero attached hydrogens (tertiary/aromatic N) is 2. The molecular formula is C28H30FN3O4. The van der Waals surface area contributed by atoms with E-state index in [1.54, 1.807) is 27.5 Å². The maximum Gasteiger partial charge on any atom is 0.271 e. The molecule has 0 unspecified atom stereocenters. The zero-order valence-corrected chi connectivity index (χ0v) is 20.9. The monoisotopic (exact) mass is 491 g/mol. The number of halogens is 1. The first-order chi connectivity index (χ1) is 17.4. The van der Waals surface area contributed by atoms with Gasteiger partial charge in [0, 0.05) is 30.3 Å². The molecule has 4 rings (SSSR count). The van der Waals surface area contributed by atoms with E-state index in [1.807, 2.05) is 18.2 Å². The van der Waals surface area contributed by atoms with Crippen molar-refractivity contribution in [2.45, 2.75) is 25.9 Å². The molecule has 8 heteroatoms. The molecule has 0 spiro atoms. The van der Waals surface area contributed by atoms with Crippen molar-refractivity contribution in [2.24, 2.45) is 5.10 Å². The van der Waals surface area contributed by atoms with Crippen molar-refractivity contribution < 1.29 is 23.4 Å². The number of rotatable bonds is 8. The standard InChI is InChI=1S/C28H30FN3O4/c1-18-24-15-27(36-4)26(35-3)14-21(24)11-12-32(18)17-22-13-19(5-10-25(22)34-2)16-30-31-28(33)20-6-8-23(29)9-7-20/h5-10,13-16,18H,11-12,17H2,1-4H3,(H,31,33)/b30-16-/t18-/m1/s1. The van der Waals surface area contributed by atoms with E-state index in [2.05, 4.69) is 34.5 Å². The summed E-state index contributed by atoms with van der Waals surface area (Å²) in [6, 6.07) is 15.4. The second-order valence-corrected chi connectivity index (χ2v) is 8.58. The number of carbonyl (C=O) groups is 1. The molecule has 0 aromatic heterocycles. The Hall–Kier alpha value is -3.91. The number of benzene rings is 3. The van der Waals surface area contributed by atoms with Crippen molar-refractivity contribution in [2.75, 3.05) is 27.9 Å². The number of hydrogen-bond donors (Lipinski definition) is 1. The van der Waals surface area contributed by atoms with Gasteiger partial charge in [0.25, 0.3) is 5.91 Å². The molecule has 0 fully saturated rings. The third-order valence-corrected chi connectivity index (χ3v) is 6.48. The molecule has 1 aliphatic heterocycles. The van der Waals surface area contributed by atoms with Gasteiger partial charge in [0.05, 0.1) is 27.5 Å². The predicted molar refractivity (Wildman–Crippen MR) is 137 cm³/mol. The highest BCUT2D eigenvalue weighted by Gasteiger charge is 2.26. The lowest BCUT2D eigenvalue weighted by molar-refractivity contribution is 0.0955. The Morgan fingerprint density at radius 1 is 1.03 bits per heavy atom. The fourth-order valence-corrected chi connectivity index (χ4v) is 4.47. The van der Waals surface area contributed by atoms with Crippen LogP contribution >= 0.6 is 0 Å². The number of amides is 1. The Balaban J connectivity index is 1.49. The first-order valence-electron chi connectivity index (χ1n) is 11.7. The zero-order valence-electron chi connectivity index (χ0n) is 20.9. The summed E-state index contributed by atoms with van der Waals surface area (Å²) in [6.45, 7) is 3.76. The molecule has 0 bridgehead atoms. The van der Waals surface area contributed by atoms with E-state index in [0.29, 0.717) is 12.1 Å². The van der Waals surface area contributed by atoms with Crippen molar-refractivity contribution in [3.8, 4) is 17.2 Å². The minimum Gasteiger partial charge on any atom is -0.496 e. The summed E-state index contributed by atoms with van der Waals surface area (Å²) < 4.78 is 29.7. The van der Waals surface area contributed by atoms with Crippen LogP contribution in [0.1, 0.15) is 45.6 Å². The largest absolute Gasteiger partial charge is 0.496 e. The summed E-state index contributed by atoms with van der Waals surface area (Å²) >= 11 is 0. The van der Waals surface area contributed by atoms with Gasteiger partial charge in [0.2, 0.25) is 0 Å². The minimum atomic E-state index is -0.409. The molecule has 7 nitrogen and oxygen atoms in total.